The van der Waals surface area contributed by atoms with E-state index in [1.165, 1.54) is 5.56 Å². The molecule has 0 saturated carbocycles. The molecule has 0 amide bonds. The Morgan fingerprint density at radius 1 is 0.724 bits per heavy atom. The molecule has 0 bridgehead atoms. The van der Waals surface area contributed by atoms with E-state index in [-0.39, 0.29) is 17.0 Å². The molecule has 0 spiro atoms. The first-order valence-corrected chi connectivity index (χ1v) is 9.82. The van der Waals surface area contributed by atoms with Gasteiger partial charge in [-0.05, 0) is 16.5 Å². The lowest BCUT2D eigenvalue weighted by Gasteiger charge is -2.19. The van der Waals surface area contributed by atoms with Gasteiger partial charge in [0.25, 0.3) is 0 Å². The van der Waals surface area contributed by atoms with Gasteiger partial charge in [0.1, 0.15) is 6.10 Å². The quantitative estimate of drug-likeness (QED) is 0.329. The molecule has 1 aliphatic heterocycles. The second kappa shape index (κ2) is 7.09. The van der Waals surface area contributed by atoms with Gasteiger partial charge in [-0.15, -0.1) is 0 Å². The average Bonchev–Trinajstić information content (AvgIpc) is 3.50. The highest BCUT2D eigenvalue weighted by Crippen LogP contribution is 2.53. The maximum absolute atomic E-state index is 13.4. The smallest absolute Gasteiger partial charge is 0.224 e. The molecule has 0 N–H and O–H groups in total. The van der Waals surface area contributed by atoms with Gasteiger partial charge in [0.2, 0.25) is 17.2 Å². The fourth-order valence-electron chi connectivity index (χ4n) is 3.67. The molecular formula is C26H24O3. The predicted molar refractivity (Wildman–Crippen MR) is 113 cm³/mol. The normalized spacial score (nSPS) is 17.6. The summed E-state index contributed by atoms with van der Waals surface area (Å²) in [5.41, 5.74) is 1.50. The highest BCUT2D eigenvalue weighted by atomic mass is 16.6. The molecule has 3 aromatic carbocycles. The van der Waals surface area contributed by atoms with E-state index >= 15 is 0 Å². The van der Waals surface area contributed by atoms with Crippen LogP contribution in [0.15, 0.2) is 84.9 Å². The van der Waals surface area contributed by atoms with Crippen LogP contribution in [0.5, 0.6) is 0 Å². The number of hydrogen-bond donors (Lipinski definition) is 0. The number of carbonyl (C=O) groups excluding carboxylic acids is 2. The van der Waals surface area contributed by atoms with E-state index in [0.29, 0.717) is 11.1 Å². The van der Waals surface area contributed by atoms with Crippen LogP contribution < -0.4 is 0 Å². The van der Waals surface area contributed by atoms with E-state index in [4.69, 9.17) is 4.74 Å². The fourth-order valence-corrected chi connectivity index (χ4v) is 3.67. The molecule has 146 valence electrons. The molecule has 0 aromatic heterocycles. The minimum absolute atomic E-state index is 0.0275. The van der Waals surface area contributed by atoms with Gasteiger partial charge in [-0.2, -0.15) is 0 Å². The first kappa shape index (κ1) is 19.3. The lowest BCUT2D eigenvalue weighted by atomic mass is 9.83. The van der Waals surface area contributed by atoms with Crippen LogP contribution in [0, 0.1) is 0 Å². The number of hydrogen-bond acceptors (Lipinski definition) is 3. The van der Waals surface area contributed by atoms with Crippen LogP contribution in [0.2, 0.25) is 0 Å². The third-order valence-corrected chi connectivity index (χ3v) is 5.44. The van der Waals surface area contributed by atoms with E-state index in [1.54, 1.807) is 48.5 Å². The van der Waals surface area contributed by atoms with Crippen molar-refractivity contribution in [3.63, 3.8) is 0 Å². The highest BCUT2D eigenvalue weighted by Gasteiger charge is 2.68. The Labute approximate surface area is 171 Å². The van der Waals surface area contributed by atoms with Gasteiger partial charge in [-0.3, -0.25) is 9.59 Å². The number of Topliss-reactive ketones (excluding diaryl/α,β-unsaturated/α-hetero) is 2. The monoisotopic (exact) mass is 384 g/mol. The maximum Gasteiger partial charge on any atom is 0.224 e. The number of ether oxygens (including phenoxy) is 1. The standard InChI is InChI=1S/C26H24O3/c1-25(2,3)21-16-14-20(15-17-21)24-26(29-24,22(27)18-10-6-4-7-11-18)23(28)19-12-8-5-9-13-19/h4-17,24H,1-3H3. The molecule has 29 heavy (non-hydrogen) atoms. The first-order valence-electron chi connectivity index (χ1n) is 9.82. The molecule has 3 heteroatoms. The van der Waals surface area contributed by atoms with E-state index < -0.39 is 11.7 Å². The third kappa shape index (κ3) is 3.43. The van der Waals surface area contributed by atoms with Crippen molar-refractivity contribution in [1.29, 1.82) is 0 Å². The first-order chi connectivity index (χ1) is 13.8. The molecule has 1 heterocycles. The highest BCUT2D eigenvalue weighted by molar-refractivity contribution is 6.25. The molecule has 1 aliphatic rings. The van der Waals surface area contributed by atoms with Gasteiger partial charge in [0, 0.05) is 11.1 Å². The molecule has 1 atom stereocenters. The SMILES string of the molecule is CC(C)(C)c1ccc(C2OC2(C(=O)c2ccccc2)C(=O)c2ccccc2)cc1. The van der Waals surface area contributed by atoms with Crippen LogP contribution in [-0.4, -0.2) is 17.2 Å². The van der Waals surface area contributed by atoms with Crippen LogP contribution in [0.4, 0.5) is 0 Å². The van der Waals surface area contributed by atoms with Crippen molar-refractivity contribution >= 4 is 11.6 Å². The van der Waals surface area contributed by atoms with Crippen molar-refractivity contribution in [3.05, 3.63) is 107 Å². The molecule has 3 nitrogen and oxygen atoms in total. The summed E-state index contributed by atoms with van der Waals surface area (Å²) in [6.45, 7) is 6.45. The molecule has 1 saturated heterocycles. The van der Waals surface area contributed by atoms with Crippen molar-refractivity contribution in [2.75, 3.05) is 0 Å². The van der Waals surface area contributed by atoms with E-state index in [9.17, 15) is 9.59 Å². The summed E-state index contributed by atoms with van der Waals surface area (Å²) < 4.78 is 5.95. The topological polar surface area (TPSA) is 46.7 Å². The number of benzene rings is 3. The Kier molecular flexibility index (Phi) is 4.71. The van der Waals surface area contributed by atoms with E-state index in [2.05, 4.69) is 20.8 Å². The maximum atomic E-state index is 13.4. The van der Waals surface area contributed by atoms with Crippen LogP contribution in [0.1, 0.15) is 58.7 Å². The lowest BCUT2D eigenvalue weighted by Crippen LogP contribution is -2.35. The summed E-state index contributed by atoms with van der Waals surface area (Å²) in [6.07, 6.45) is -0.586. The average molecular weight is 384 g/mol. The lowest BCUT2D eigenvalue weighted by molar-refractivity contribution is 0.0752. The van der Waals surface area contributed by atoms with Gasteiger partial charge in [-0.1, -0.05) is 106 Å². The minimum Gasteiger partial charge on any atom is -0.344 e. The largest absolute Gasteiger partial charge is 0.344 e. The van der Waals surface area contributed by atoms with Gasteiger partial charge < -0.3 is 4.74 Å². The second-order valence-corrected chi connectivity index (χ2v) is 8.50. The van der Waals surface area contributed by atoms with Gasteiger partial charge in [0.05, 0.1) is 0 Å². The third-order valence-electron chi connectivity index (χ3n) is 5.44. The van der Waals surface area contributed by atoms with Crippen molar-refractivity contribution in [2.45, 2.75) is 37.9 Å². The molecule has 0 aliphatic carbocycles. The minimum atomic E-state index is -1.51. The van der Waals surface area contributed by atoms with Crippen LogP contribution in [0.25, 0.3) is 0 Å². The van der Waals surface area contributed by atoms with Crippen molar-refractivity contribution in [2.24, 2.45) is 0 Å². The molecule has 1 unspecified atom stereocenters. The molecule has 1 fully saturated rings. The van der Waals surface area contributed by atoms with Crippen molar-refractivity contribution in [1.82, 2.24) is 0 Å². The molecule has 3 aromatic rings. The summed E-state index contributed by atoms with van der Waals surface area (Å²) in [6, 6.07) is 25.8. The summed E-state index contributed by atoms with van der Waals surface area (Å²) in [7, 11) is 0. The zero-order chi connectivity index (χ0) is 20.6. The predicted octanol–water partition coefficient (Wildman–Crippen LogP) is 5.56. The fraction of sp³-hybridized carbons (Fsp3) is 0.231. The Morgan fingerprint density at radius 2 is 1.17 bits per heavy atom. The number of ketones is 2. The van der Waals surface area contributed by atoms with E-state index in [1.807, 2.05) is 36.4 Å². The van der Waals surface area contributed by atoms with Crippen LogP contribution >= 0.6 is 0 Å². The zero-order valence-electron chi connectivity index (χ0n) is 16.9. The Hall–Kier alpha value is -3.04. The molecule has 4 rings (SSSR count). The molecule has 0 radical (unpaired) electrons. The summed E-state index contributed by atoms with van der Waals surface area (Å²) in [4.78, 5) is 26.8. The summed E-state index contributed by atoms with van der Waals surface area (Å²) in [5, 5.41) is 0. The van der Waals surface area contributed by atoms with Gasteiger partial charge in [-0.25, -0.2) is 0 Å². The van der Waals surface area contributed by atoms with Crippen molar-refractivity contribution in [3.8, 4) is 0 Å². The number of epoxide rings is 1. The van der Waals surface area contributed by atoms with Gasteiger partial charge in [0.15, 0.2) is 0 Å². The number of rotatable bonds is 5. The Morgan fingerprint density at radius 3 is 1.59 bits per heavy atom. The van der Waals surface area contributed by atoms with Crippen LogP contribution in [0.3, 0.4) is 0 Å². The van der Waals surface area contributed by atoms with Crippen molar-refractivity contribution < 1.29 is 14.3 Å². The number of carbonyl (C=O) groups is 2. The Balaban J connectivity index is 1.73. The second-order valence-electron chi connectivity index (χ2n) is 8.50. The summed E-state index contributed by atoms with van der Waals surface area (Å²) >= 11 is 0. The van der Waals surface area contributed by atoms with Crippen LogP contribution in [-0.2, 0) is 10.2 Å². The Bertz CT molecular complexity index is 977. The molecular weight excluding hydrogens is 360 g/mol. The zero-order valence-corrected chi connectivity index (χ0v) is 16.9. The van der Waals surface area contributed by atoms with Gasteiger partial charge >= 0.3 is 0 Å². The van der Waals surface area contributed by atoms with E-state index in [0.717, 1.165) is 5.56 Å². The summed E-state index contributed by atoms with van der Waals surface area (Å²) in [5.74, 6) is -0.589.